The van der Waals surface area contributed by atoms with E-state index in [9.17, 15) is 4.79 Å². The highest BCUT2D eigenvalue weighted by Crippen LogP contribution is 2.24. The van der Waals surface area contributed by atoms with Gasteiger partial charge in [0, 0.05) is 29.2 Å². The lowest BCUT2D eigenvalue weighted by Crippen LogP contribution is -2.31. The quantitative estimate of drug-likeness (QED) is 0.855. The molecule has 94 valence electrons. The summed E-state index contributed by atoms with van der Waals surface area (Å²) in [5, 5.41) is 0.550. The van der Waals surface area contributed by atoms with Gasteiger partial charge in [-0.1, -0.05) is 11.6 Å². The minimum atomic E-state index is 0. The smallest absolute Gasteiger partial charge is 0.253 e. The standard InChI is InChI=1S/C11H12BrClN2O.ClH/c12-9-2-1-7(5-10(9)13)11(16)15-4-3-8(14)6-15;/h1-2,5,8H,3-4,6,14H2;1H/t8-;/m1./s1. The van der Waals surface area contributed by atoms with Crippen LogP contribution < -0.4 is 5.73 Å². The van der Waals surface area contributed by atoms with E-state index >= 15 is 0 Å². The van der Waals surface area contributed by atoms with Crippen molar-refractivity contribution >= 4 is 45.8 Å². The van der Waals surface area contributed by atoms with Crippen molar-refractivity contribution in [2.45, 2.75) is 12.5 Å². The molecule has 2 rings (SSSR count). The number of hydrogen-bond acceptors (Lipinski definition) is 2. The Morgan fingerprint density at radius 2 is 2.24 bits per heavy atom. The lowest BCUT2D eigenvalue weighted by atomic mass is 10.2. The molecule has 0 radical (unpaired) electrons. The number of rotatable bonds is 1. The molecular weight excluding hydrogens is 327 g/mol. The number of carbonyl (C=O) groups excluding carboxylic acids is 1. The second kappa shape index (κ2) is 6.05. The van der Waals surface area contributed by atoms with Crippen molar-refractivity contribution in [1.29, 1.82) is 0 Å². The number of hydrogen-bond donors (Lipinski definition) is 1. The number of likely N-dealkylation sites (tertiary alicyclic amines) is 1. The molecule has 0 spiro atoms. The van der Waals surface area contributed by atoms with E-state index in [1.165, 1.54) is 0 Å². The Hall–Kier alpha value is -0.290. The van der Waals surface area contributed by atoms with Crippen molar-refractivity contribution < 1.29 is 4.79 Å². The van der Waals surface area contributed by atoms with E-state index in [1.807, 2.05) is 0 Å². The van der Waals surface area contributed by atoms with Crippen molar-refractivity contribution in [2.75, 3.05) is 13.1 Å². The SMILES string of the molecule is Cl.N[C@@H]1CCN(C(=O)c2ccc(Br)c(Cl)c2)C1. The maximum absolute atomic E-state index is 12.1. The molecule has 1 atom stereocenters. The van der Waals surface area contributed by atoms with E-state index < -0.39 is 0 Å². The molecule has 1 saturated heterocycles. The van der Waals surface area contributed by atoms with Crippen LogP contribution in [0, 0.1) is 0 Å². The van der Waals surface area contributed by atoms with E-state index in [0.29, 0.717) is 17.1 Å². The van der Waals surface area contributed by atoms with Crippen molar-refractivity contribution in [3.05, 3.63) is 33.3 Å². The van der Waals surface area contributed by atoms with Gasteiger partial charge in [-0.25, -0.2) is 0 Å². The lowest BCUT2D eigenvalue weighted by Gasteiger charge is -2.15. The number of carbonyl (C=O) groups is 1. The third kappa shape index (κ3) is 3.35. The number of halogens is 3. The molecule has 0 saturated carbocycles. The van der Waals surface area contributed by atoms with Crippen LogP contribution in [0.3, 0.4) is 0 Å². The Morgan fingerprint density at radius 1 is 1.53 bits per heavy atom. The van der Waals surface area contributed by atoms with Gasteiger partial charge >= 0.3 is 0 Å². The van der Waals surface area contributed by atoms with Crippen molar-refractivity contribution in [3.8, 4) is 0 Å². The van der Waals surface area contributed by atoms with Gasteiger partial charge < -0.3 is 10.6 Å². The largest absolute Gasteiger partial charge is 0.337 e. The fourth-order valence-electron chi connectivity index (χ4n) is 1.78. The lowest BCUT2D eigenvalue weighted by molar-refractivity contribution is 0.0791. The molecule has 0 aromatic heterocycles. The number of nitrogens with zero attached hydrogens (tertiary/aromatic N) is 1. The average Bonchev–Trinajstić information content (AvgIpc) is 2.68. The van der Waals surface area contributed by atoms with Crippen LogP contribution in [-0.2, 0) is 0 Å². The molecule has 1 aromatic rings. The topological polar surface area (TPSA) is 46.3 Å². The van der Waals surface area contributed by atoms with Crippen LogP contribution in [0.2, 0.25) is 5.02 Å². The highest BCUT2D eigenvalue weighted by Gasteiger charge is 2.24. The van der Waals surface area contributed by atoms with Crippen LogP contribution in [0.5, 0.6) is 0 Å². The van der Waals surface area contributed by atoms with Gasteiger partial charge in [-0.3, -0.25) is 4.79 Å². The zero-order valence-electron chi connectivity index (χ0n) is 9.03. The zero-order chi connectivity index (χ0) is 11.7. The van der Waals surface area contributed by atoms with Gasteiger partial charge in [0.1, 0.15) is 0 Å². The number of nitrogens with two attached hydrogens (primary N) is 1. The van der Waals surface area contributed by atoms with Gasteiger partial charge in [-0.2, -0.15) is 0 Å². The molecule has 1 fully saturated rings. The first-order valence-electron chi connectivity index (χ1n) is 5.08. The highest BCUT2D eigenvalue weighted by molar-refractivity contribution is 9.10. The van der Waals surface area contributed by atoms with E-state index in [2.05, 4.69) is 15.9 Å². The Kier molecular flexibility index (Phi) is 5.25. The van der Waals surface area contributed by atoms with Gasteiger partial charge in [0.05, 0.1) is 5.02 Å². The van der Waals surface area contributed by atoms with Gasteiger partial charge in [0.25, 0.3) is 5.91 Å². The Balaban J connectivity index is 0.00000144. The minimum Gasteiger partial charge on any atom is -0.337 e. The molecular formula is C11H13BrCl2N2O. The second-order valence-electron chi connectivity index (χ2n) is 3.93. The zero-order valence-corrected chi connectivity index (χ0v) is 12.2. The summed E-state index contributed by atoms with van der Waals surface area (Å²) in [5.74, 6) is 0.00218. The van der Waals surface area contributed by atoms with E-state index in [1.54, 1.807) is 23.1 Å². The Morgan fingerprint density at radius 3 is 2.76 bits per heavy atom. The Bertz CT molecular complexity index is 428. The normalized spacial score (nSPS) is 19.0. The summed E-state index contributed by atoms with van der Waals surface area (Å²) < 4.78 is 0.795. The van der Waals surface area contributed by atoms with Crippen LogP contribution in [0.4, 0.5) is 0 Å². The van der Waals surface area contributed by atoms with Crippen molar-refractivity contribution in [1.82, 2.24) is 4.90 Å². The fourth-order valence-corrected chi connectivity index (χ4v) is 2.21. The number of benzene rings is 1. The summed E-state index contributed by atoms with van der Waals surface area (Å²) in [5.41, 5.74) is 6.38. The molecule has 1 aliphatic rings. The van der Waals surface area contributed by atoms with Gasteiger partial charge in [-0.05, 0) is 40.5 Å². The molecule has 1 amide bonds. The number of amides is 1. The molecule has 0 unspecified atom stereocenters. The predicted molar refractivity (Wildman–Crippen MR) is 74.9 cm³/mol. The van der Waals surface area contributed by atoms with Crippen molar-refractivity contribution in [3.63, 3.8) is 0 Å². The molecule has 0 aliphatic carbocycles. The molecule has 1 aromatic carbocycles. The minimum absolute atomic E-state index is 0. The maximum atomic E-state index is 12.1. The third-order valence-electron chi connectivity index (χ3n) is 2.68. The highest BCUT2D eigenvalue weighted by atomic mass is 79.9. The summed E-state index contributed by atoms with van der Waals surface area (Å²) in [6, 6.07) is 5.33. The molecule has 1 heterocycles. The first-order chi connectivity index (χ1) is 7.58. The molecule has 3 nitrogen and oxygen atoms in total. The van der Waals surface area contributed by atoms with Crippen LogP contribution >= 0.6 is 39.9 Å². The predicted octanol–water partition coefficient (Wildman–Crippen LogP) is 2.70. The van der Waals surface area contributed by atoms with E-state index in [4.69, 9.17) is 17.3 Å². The molecule has 2 N–H and O–H groups in total. The van der Waals surface area contributed by atoms with Gasteiger partial charge in [0.2, 0.25) is 0 Å². The van der Waals surface area contributed by atoms with E-state index in [-0.39, 0.29) is 24.4 Å². The summed E-state index contributed by atoms with van der Waals surface area (Å²) in [6.45, 7) is 1.36. The summed E-state index contributed by atoms with van der Waals surface area (Å²) in [7, 11) is 0. The van der Waals surface area contributed by atoms with Crippen LogP contribution in [0.15, 0.2) is 22.7 Å². The average molecular weight is 340 g/mol. The molecule has 1 aliphatic heterocycles. The summed E-state index contributed by atoms with van der Waals surface area (Å²) in [6.07, 6.45) is 0.871. The molecule has 0 bridgehead atoms. The van der Waals surface area contributed by atoms with Crippen LogP contribution in [0.25, 0.3) is 0 Å². The summed E-state index contributed by atoms with van der Waals surface area (Å²) in [4.78, 5) is 13.8. The van der Waals surface area contributed by atoms with E-state index in [0.717, 1.165) is 17.4 Å². The first-order valence-corrected chi connectivity index (χ1v) is 6.25. The first kappa shape index (κ1) is 14.8. The maximum Gasteiger partial charge on any atom is 0.253 e. The summed E-state index contributed by atoms with van der Waals surface area (Å²) >= 11 is 9.25. The fraction of sp³-hybridized carbons (Fsp3) is 0.364. The monoisotopic (exact) mass is 338 g/mol. The molecule has 6 heteroatoms. The van der Waals surface area contributed by atoms with Crippen LogP contribution in [0.1, 0.15) is 16.8 Å². The van der Waals surface area contributed by atoms with Gasteiger partial charge in [-0.15, -0.1) is 12.4 Å². The van der Waals surface area contributed by atoms with Gasteiger partial charge in [0.15, 0.2) is 0 Å². The molecule has 17 heavy (non-hydrogen) atoms. The third-order valence-corrected chi connectivity index (χ3v) is 3.91. The second-order valence-corrected chi connectivity index (χ2v) is 5.19. The van der Waals surface area contributed by atoms with Crippen LogP contribution in [-0.4, -0.2) is 29.9 Å². The Labute approximate surface area is 120 Å². The van der Waals surface area contributed by atoms with Crippen molar-refractivity contribution in [2.24, 2.45) is 5.73 Å².